The molecule has 0 bridgehead atoms. The molecule has 0 radical (unpaired) electrons. The Balaban J connectivity index is 0.963. The predicted octanol–water partition coefficient (Wildman–Crippen LogP) is 24.4. The van der Waals surface area contributed by atoms with Crippen molar-refractivity contribution in [3.8, 4) is 10.4 Å². The van der Waals surface area contributed by atoms with Gasteiger partial charge in [0.15, 0.2) is 0 Å². The number of amides is 2. The van der Waals surface area contributed by atoms with Crippen molar-refractivity contribution in [2.24, 2.45) is 11.8 Å². The molecule has 0 spiro atoms. The van der Waals surface area contributed by atoms with Crippen LogP contribution in [0.4, 0.5) is 0 Å². The molecule has 2 atom stereocenters. The minimum Gasteiger partial charge on any atom is -0.379 e. The van der Waals surface area contributed by atoms with E-state index < -0.39 is 0 Å². The monoisotopic (exact) mass is 1260 g/mol. The average Bonchev–Trinajstić information content (AvgIpc) is 1.63. The quantitative estimate of drug-likeness (QED) is 0.0357. The van der Waals surface area contributed by atoms with Gasteiger partial charge in [-0.15, -0.1) is 34.0 Å². The molecule has 9 heteroatoms. The molecule has 0 saturated carbocycles. The standard InChI is InChI=1S/C80H110N2O4S3/c1-7-11-15-19-23-25-29-33-37-61(35-31-27-21-17-13-9-3)57-85-53-51-81-75(71-48-40-60(6)87-71)73-74(80(81)84)76(82(79(73)83)52-54-86-58-62(36-32-28-22-18-14-10-4)38-34-30-26-24-20-16-12-8-2)72-50-49-70(88-72)65-43-45-67-64(56-65)42-47-69-68-46-41-63-55-59(5)39-44-66(63)77(68)89-78(67)69/h39-50,55-56,61-62H,7-38,51-54,57-58H2,1-6H3. The number of ether oxygens (including phenoxy) is 2. The fourth-order valence-corrected chi connectivity index (χ4v) is 17.5. The minimum absolute atomic E-state index is 0.0979. The van der Waals surface area contributed by atoms with Crippen LogP contribution in [0.25, 0.3) is 63.6 Å². The van der Waals surface area contributed by atoms with Gasteiger partial charge in [0.05, 0.1) is 45.5 Å². The molecule has 9 rings (SSSR count). The lowest BCUT2D eigenvalue weighted by Crippen LogP contribution is -2.33. The van der Waals surface area contributed by atoms with Crippen LogP contribution < -0.4 is 0 Å². The van der Waals surface area contributed by atoms with Crippen molar-refractivity contribution in [1.82, 2.24) is 9.80 Å². The molecular formula is C80H110N2O4S3. The third-order valence-electron chi connectivity index (χ3n) is 19.4. The lowest BCUT2D eigenvalue weighted by molar-refractivity contribution is -0.124. The fourth-order valence-electron chi connectivity index (χ4n) is 14.1. The summed E-state index contributed by atoms with van der Waals surface area (Å²) < 4.78 is 16.1. The molecule has 2 amide bonds. The summed E-state index contributed by atoms with van der Waals surface area (Å²) in [5.41, 5.74) is 4.95. The van der Waals surface area contributed by atoms with Crippen molar-refractivity contribution >= 4 is 98.9 Å². The van der Waals surface area contributed by atoms with Gasteiger partial charge in [-0.3, -0.25) is 9.59 Å². The largest absolute Gasteiger partial charge is 0.379 e. The number of hydrogen-bond donors (Lipinski definition) is 0. The Morgan fingerprint density at radius 1 is 0.382 bits per heavy atom. The molecule has 2 aliphatic rings. The number of unbranched alkanes of at least 4 members (excludes halogenated alkanes) is 24. The Morgan fingerprint density at radius 2 is 0.764 bits per heavy atom. The van der Waals surface area contributed by atoms with Gasteiger partial charge in [-0.05, 0) is 109 Å². The van der Waals surface area contributed by atoms with Crippen LogP contribution in [-0.4, -0.2) is 61.1 Å². The highest BCUT2D eigenvalue weighted by Gasteiger charge is 2.49. The van der Waals surface area contributed by atoms with Crippen molar-refractivity contribution in [2.75, 3.05) is 39.5 Å². The number of nitrogens with zero attached hydrogens (tertiary/aromatic N) is 2. The maximum atomic E-state index is 15.6. The number of rotatable bonds is 45. The first-order chi connectivity index (χ1) is 43.7. The van der Waals surface area contributed by atoms with Gasteiger partial charge in [0.1, 0.15) is 0 Å². The van der Waals surface area contributed by atoms with Gasteiger partial charge in [0, 0.05) is 56.2 Å². The molecule has 6 nitrogen and oxygen atoms in total. The molecule has 89 heavy (non-hydrogen) atoms. The van der Waals surface area contributed by atoms with Gasteiger partial charge >= 0.3 is 0 Å². The number of benzene rings is 4. The lowest BCUT2D eigenvalue weighted by Gasteiger charge is -2.25. The zero-order valence-electron chi connectivity index (χ0n) is 55.9. The van der Waals surface area contributed by atoms with E-state index in [-0.39, 0.29) is 11.8 Å². The van der Waals surface area contributed by atoms with E-state index in [0.29, 0.717) is 55.9 Å². The van der Waals surface area contributed by atoms with Crippen LogP contribution in [0.15, 0.2) is 96.1 Å². The lowest BCUT2D eigenvalue weighted by atomic mass is 9.94. The maximum Gasteiger partial charge on any atom is 0.261 e. The topological polar surface area (TPSA) is 59.1 Å². The number of carbonyl (C=O) groups is 2. The Labute approximate surface area is 549 Å². The molecule has 482 valence electrons. The molecule has 4 aromatic carbocycles. The van der Waals surface area contributed by atoms with Gasteiger partial charge in [-0.25, -0.2) is 0 Å². The van der Waals surface area contributed by atoms with Crippen molar-refractivity contribution in [3.05, 3.63) is 116 Å². The molecule has 0 saturated heterocycles. The van der Waals surface area contributed by atoms with Gasteiger partial charge in [-0.2, -0.15) is 0 Å². The summed E-state index contributed by atoms with van der Waals surface area (Å²) in [6, 6.07) is 31.4. The second kappa shape index (κ2) is 36.6. The van der Waals surface area contributed by atoms with Crippen LogP contribution in [0.3, 0.4) is 0 Å². The van der Waals surface area contributed by atoms with Crippen LogP contribution in [0, 0.1) is 25.7 Å². The van der Waals surface area contributed by atoms with Crippen LogP contribution in [0.1, 0.15) is 253 Å². The van der Waals surface area contributed by atoms with E-state index in [4.69, 9.17) is 9.47 Å². The minimum atomic E-state index is -0.0979. The summed E-state index contributed by atoms with van der Waals surface area (Å²) in [4.78, 5) is 39.1. The highest BCUT2D eigenvalue weighted by molar-refractivity contribution is 7.27. The fraction of sp³-hybridized carbons (Fsp3) is 0.575. The van der Waals surface area contributed by atoms with E-state index >= 15 is 9.59 Å². The van der Waals surface area contributed by atoms with Gasteiger partial charge in [-0.1, -0.05) is 268 Å². The molecular weight excluding hydrogens is 1150 g/mol. The molecule has 0 fully saturated rings. The first kappa shape index (κ1) is 68.7. The van der Waals surface area contributed by atoms with E-state index in [1.807, 2.05) is 21.1 Å². The first-order valence-corrected chi connectivity index (χ1v) is 38.4. The van der Waals surface area contributed by atoms with Crippen molar-refractivity contribution < 1.29 is 19.1 Å². The predicted molar refractivity (Wildman–Crippen MR) is 388 cm³/mol. The Bertz CT molecular complexity index is 3390. The second-order valence-corrected chi connectivity index (χ2v) is 30.0. The van der Waals surface area contributed by atoms with E-state index in [2.05, 4.69) is 126 Å². The summed E-state index contributed by atoms with van der Waals surface area (Å²) in [6.07, 6.45) is 41.6. The average molecular weight is 1260 g/mol. The smallest absolute Gasteiger partial charge is 0.261 e. The van der Waals surface area contributed by atoms with Crippen LogP contribution in [-0.2, 0) is 19.1 Å². The Hall–Kier alpha value is -4.64. The van der Waals surface area contributed by atoms with Gasteiger partial charge in [0.2, 0.25) is 0 Å². The van der Waals surface area contributed by atoms with E-state index in [9.17, 15) is 0 Å². The van der Waals surface area contributed by atoms with Crippen molar-refractivity contribution in [1.29, 1.82) is 0 Å². The Morgan fingerprint density at radius 3 is 1.20 bits per heavy atom. The highest BCUT2D eigenvalue weighted by atomic mass is 32.1. The second-order valence-electron chi connectivity index (χ2n) is 26.6. The molecule has 7 aromatic rings. The van der Waals surface area contributed by atoms with Crippen LogP contribution in [0.2, 0.25) is 0 Å². The summed E-state index contributed by atoms with van der Waals surface area (Å²) in [5.74, 6) is 0.838. The van der Waals surface area contributed by atoms with E-state index in [1.54, 1.807) is 22.7 Å². The van der Waals surface area contributed by atoms with E-state index in [0.717, 1.165) is 43.1 Å². The van der Waals surface area contributed by atoms with Crippen molar-refractivity contribution in [2.45, 2.75) is 247 Å². The molecule has 2 unspecified atom stereocenters. The normalized spacial score (nSPS) is 14.4. The maximum absolute atomic E-state index is 15.6. The van der Waals surface area contributed by atoms with Crippen LogP contribution >= 0.6 is 34.0 Å². The van der Waals surface area contributed by atoms with E-state index in [1.165, 1.54) is 253 Å². The molecule has 2 aliphatic heterocycles. The summed E-state index contributed by atoms with van der Waals surface area (Å²) in [5, 5.41) is 7.68. The molecule has 0 aliphatic carbocycles. The highest BCUT2D eigenvalue weighted by Crippen LogP contribution is 2.50. The number of carbonyl (C=O) groups excluding carboxylic acids is 2. The number of fused-ring (bicyclic) bond motifs is 8. The summed E-state index contributed by atoms with van der Waals surface area (Å²) >= 11 is 5.25. The number of aryl methyl sites for hydroxylation is 2. The number of hydrogen-bond acceptors (Lipinski definition) is 7. The van der Waals surface area contributed by atoms with Gasteiger partial charge < -0.3 is 19.3 Å². The van der Waals surface area contributed by atoms with Gasteiger partial charge in [0.25, 0.3) is 11.8 Å². The summed E-state index contributed by atoms with van der Waals surface area (Å²) in [7, 11) is 0. The van der Waals surface area contributed by atoms with Crippen LogP contribution in [0.5, 0.6) is 0 Å². The third kappa shape index (κ3) is 18.8. The SMILES string of the molecule is CCCCCCCCCCC(CCCCCCCC)COCCN1C(=O)C2=C(c3ccc(-c4ccc5c(ccc6c7ccc8cc(C)ccc8c7sc56)c4)s3)N(CCOCC(CCCCCCCC)CCCCCCCCCC)C(=O)C2=C1c1ccc(C)s1. The Kier molecular flexibility index (Phi) is 28.2. The third-order valence-corrected chi connectivity index (χ3v) is 22.8. The molecule has 3 aromatic heterocycles. The molecule has 5 heterocycles. The summed E-state index contributed by atoms with van der Waals surface area (Å²) in [6.45, 7) is 16.5. The van der Waals surface area contributed by atoms with Crippen molar-refractivity contribution in [3.63, 3.8) is 0 Å². The molecule has 0 N–H and O–H groups in total. The number of thiophene rings is 3. The first-order valence-electron chi connectivity index (χ1n) is 36.0. The zero-order valence-corrected chi connectivity index (χ0v) is 58.3. The zero-order chi connectivity index (χ0) is 62.2.